The van der Waals surface area contributed by atoms with Crippen molar-refractivity contribution in [2.75, 3.05) is 16.0 Å². The SMILES string of the molecule is CCCCCCc1ccc(C(=O)Nc2ccc(C3SCC(=O)N3c3cccc(F)c3C)cc2)cc1. The van der Waals surface area contributed by atoms with Crippen LogP contribution in [0.15, 0.2) is 66.7 Å². The number of hydrogen-bond acceptors (Lipinski definition) is 3. The van der Waals surface area contributed by atoms with Crippen molar-refractivity contribution >= 4 is 35.0 Å². The molecule has 0 bridgehead atoms. The zero-order valence-electron chi connectivity index (χ0n) is 20.2. The van der Waals surface area contributed by atoms with Gasteiger partial charge in [-0.2, -0.15) is 0 Å². The molecule has 1 aliphatic heterocycles. The van der Waals surface area contributed by atoms with Gasteiger partial charge in [-0.1, -0.05) is 56.5 Å². The topological polar surface area (TPSA) is 49.4 Å². The molecule has 0 aromatic heterocycles. The van der Waals surface area contributed by atoms with Crippen LogP contribution >= 0.6 is 11.8 Å². The van der Waals surface area contributed by atoms with Gasteiger partial charge in [-0.05, 0) is 67.3 Å². The van der Waals surface area contributed by atoms with Gasteiger partial charge in [0.1, 0.15) is 11.2 Å². The van der Waals surface area contributed by atoms with Crippen molar-refractivity contribution in [3.8, 4) is 0 Å². The number of carbonyl (C=O) groups excluding carboxylic acids is 2. The normalized spacial score (nSPS) is 15.5. The maximum absolute atomic E-state index is 14.1. The minimum Gasteiger partial charge on any atom is -0.322 e. The lowest BCUT2D eigenvalue weighted by molar-refractivity contribution is -0.115. The third-order valence-corrected chi connectivity index (χ3v) is 7.57. The van der Waals surface area contributed by atoms with Crippen molar-refractivity contribution in [1.82, 2.24) is 0 Å². The molecular weight excluding hydrogens is 459 g/mol. The Morgan fingerprint density at radius 3 is 2.49 bits per heavy atom. The summed E-state index contributed by atoms with van der Waals surface area (Å²) in [6.07, 6.45) is 5.94. The average Bonchev–Trinajstić information content (AvgIpc) is 3.25. The monoisotopic (exact) mass is 490 g/mol. The van der Waals surface area contributed by atoms with Gasteiger partial charge in [-0.3, -0.25) is 14.5 Å². The summed E-state index contributed by atoms with van der Waals surface area (Å²) in [5, 5.41) is 2.71. The summed E-state index contributed by atoms with van der Waals surface area (Å²) < 4.78 is 14.1. The van der Waals surface area contributed by atoms with E-state index in [1.165, 1.54) is 49.1 Å². The van der Waals surface area contributed by atoms with Gasteiger partial charge in [0.25, 0.3) is 5.91 Å². The zero-order valence-corrected chi connectivity index (χ0v) is 21.0. The van der Waals surface area contributed by atoms with Gasteiger partial charge in [0.15, 0.2) is 0 Å². The molecule has 0 aliphatic carbocycles. The Morgan fingerprint density at radius 2 is 1.77 bits per heavy atom. The van der Waals surface area contributed by atoms with Gasteiger partial charge in [-0.25, -0.2) is 4.39 Å². The number of hydrogen-bond donors (Lipinski definition) is 1. The van der Waals surface area contributed by atoms with Crippen LogP contribution in [0.1, 0.15) is 65.0 Å². The standard InChI is InChI=1S/C29H31FN2O2S/c1-3-4-5-6-8-21-11-13-22(14-12-21)28(34)31-24-17-15-23(16-18-24)29-32(27(33)19-35-29)26-10-7-9-25(30)20(26)2/h7,9-18,29H,3-6,8,19H2,1-2H3,(H,31,34). The molecule has 4 nitrogen and oxygen atoms in total. The van der Waals surface area contributed by atoms with E-state index in [9.17, 15) is 14.0 Å². The van der Waals surface area contributed by atoms with Crippen LogP contribution in [-0.2, 0) is 11.2 Å². The number of aryl methyl sites for hydroxylation is 1. The van der Waals surface area contributed by atoms with Gasteiger partial charge >= 0.3 is 0 Å². The number of benzene rings is 3. The Balaban J connectivity index is 1.41. The largest absolute Gasteiger partial charge is 0.322 e. The highest BCUT2D eigenvalue weighted by Gasteiger charge is 2.35. The molecule has 6 heteroatoms. The Labute approximate surface area is 210 Å². The summed E-state index contributed by atoms with van der Waals surface area (Å²) in [5.74, 6) is -0.181. The molecule has 1 N–H and O–H groups in total. The Kier molecular flexibility index (Phi) is 8.24. The summed E-state index contributed by atoms with van der Waals surface area (Å²) >= 11 is 1.51. The van der Waals surface area contributed by atoms with Crippen LogP contribution < -0.4 is 10.2 Å². The third kappa shape index (κ3) is 5.93. The number of carbonyl (C=O) groups is 2. The number of rotatable bonds is 9. The van der Waals surface area contributed by atoms with E-state index in [2.05, 4.69) is 12.2 Å². The van der Waals surface area contributed by atoms with Crippen molar-refractivity contribution in [2.45, 2.75) is 51.3 Å². The lowest BCUT2D eigenvalue weighted by Crippen LogP contribution is -2.28. The van der Waals surface area contributed by atoms with Crippen molar-refractivity contribution in [3.05, 3.63) is 94.8 Å². The molecule has 3 aromatic carbocycles. The number of amides is 2. The van der Waals surface area contributed by atoms with E-state index >= 15 is 0 Å². The molecule has 1 atom stereocenters. The number of thioether (sulfide) groups is 1. The highest BCUT2D eigenvalue weighted by atomic mass is 32.2. The molecule has 35 heavy (non-hydrogen) atoms. The predicted molar refractivity (Wildman–Crippen MR) is 143 cm³/mol. The second kappa shape index (κ2) is 11.5. The number of halogens is 1. The minimum atomic E-state index is -0.325. The van der Waals surface area contributed by atoms with Crippen LogP contribution in [0.25, 0.3) is 0 Å². The van der Waals surface area contributed by atoms with Crippen LogP contribution in [0.2, 0.25) is 0 Å². The highest BCUT2D eigenvalue weighted by molar-refractivity contribution is 8.00. The first-order valence-electron chi connectivity index (χ1n) is 12.2. The van der Waals surface area contributed by atoms with E-state index in [4.69, 9.17) is 0 Å². The van der Waals surface area contributed by atoms with Crippen molar-refractivity contribution in [1.29, 1.82) is 0 Å². The van der Waals surface area contributed by atoms with Crippen molar-refractivity contribution < 1.29 is 14.0 Å². The quantitative estimate of drug-likeness (QED) is 0.321. The number of nitrogens with zero attached hydrogens (tertiary/aromatic N) is 1. The van der Waals surface area contributed by atoms with E-state index in [1.54, 1.807) is 24.0 Å². The molecule has 1 unspecified atom stereocenters. The molecule has 3 aromatic rings. The maximum atomic E-state index is 14.1. The fourth-order valence-corrected chi connectivity index (χ4v) is 5.47. The first kappa shape index (κ1) is 25.0. The zero-order chi connectivity index (χ0) is 24.8. The maximum Gasteiger partial charge on any atom is 0.255 e. The lowest BCUT2D eigenvalue weighted by Gasteiger charge is -2.26. The van der Waals surface area contributed by atoms with E-state index in [-0.39, 0.29) is 23.0 Å². The molecule has 1 saturated heterocycles. The first-order chi connectivity index (χ1) is 17.0. The van der Waals surface area contributed by atoms with Crippen LogP contribution in [0.5, 0.6) is 0 Å². The molecule has 0 spiro atoms. The molecular formula is C29H31FN2O2S. The van der Waals surface area contributed by atoms with Crippen LogP contribution in [0.3, 0.4) is 0 Å². The van der Waals surface area contributed by atoms with Gasteiger partial charge in [0.2, 0.25) is 5.91 Å². The summed E-state index contributed by atoms with van der Waals surface area (Å²) in [6, 6.07) is 20.1. The summed E-state index contributed by atoms with van der Waals surface area (Å²) in [6.45, 7) is 3.90. The van der Waals surface area contributed by atoms with E-state index in [0.29, 0.717) is 28.3 Å². The lowest BCUT2D eigenvalue weighted by atomic mass is 10.0. The van der Waals surface area contributed by atoms with Crippen LogP contribution in [0, 0.1) is 12.7 Å². The van der Waals surface area contributed by atoms with E-state index < -0.39 is 0 Å². The summed E-state index contributed by atoms with van der Waals surface area (Å²) in [5.41, 5.74) is 4.54. The third-order valence-electron chi connectivity index (χ3n) is 6.36. The van der Waals surface area contributed by atoms with Gasteiger partial charge in [0.05, 0.1) is 11.4 Å². The minimum absolute atomic E-state index is 0.0418. The molecule has 2 amide bonds. The first-order valence-corrected chi connectivity index (χ1v) is 13.2. The van der Waals surface area contributed by atoms with E-state index in [1.807, 2.05) is 48.5 Å². The van der Waals surface area contributed by atoms with Gasteiger partial charge in [0, 0.05) is 16.8 Å². The highest BCUT2D eigenvalue weighted by Crippen LogP contribution is 2.43. The Bertz CT molecular complexity index is 1180. The average molecular weight is 491 g/mol. The van der Waals surface area contributed by atoms with E-state index in [0.717, 1.165) is 12.0 Å². The predicted octanol–water partition coefficient (Wildman–Crippen LogP) is 7.29. The summed E-state index contributed by atoms with van der Waals surface area (Å²) in [7, 11) is 0. The van der Waals surface area contributed by atoms with Gasteiger partial charge in [-0.15, -0.1) is 11.8 Å². The van der Waals surface area contributed by atoms with Crippen molar-refractivity contribution in [3.63, 3.8) is 0 Å². The Morgan fingerprint density at radius 1 is 1.03 bits per heavy atom. The molecule has 0 radical (unpaired) electrons. The number of unbranched alkanes of at least 4 members (excludes halogenated alkanes) is 3. The second-order valence-electron chi connectivity index (χ2n) is 8.89. The molecule has 1 aliphatic rings. The second-order valence-corrected chi connectivity index (χ2v) is 9.96. The smallest absolute Gasteiger partial charge is 0.255 e. The fraction of sp³-hybridized carbons (Fsp3) is 0.310. The fourth-order valence-electron chi connectivity index (χ4n) is 4.30. The van der Waals surface area contributed by atoms with Crippen LogP contribution in [-0.4, -0.2) is 17.6 Å². The molecule has 0 saturated carbocycles. The number of anilines is 2. The van der Waals surface area contributed by atoms with Crippen LogP contribution in [0.4, 0.5) is 15.8 Å². The van der Waals surface area contributed by atoms with Crippen molar-refractivity contribution in [2.24, 2.45) is 0 Å². The Hall–Kier alpha value is -3.12. The molecule has 4 rings (SSSR count). The molecule has 182 valence electrons. The molecule has 1 fully saturated rings. The van der Waals surface area contributed by atoms with Gasteiger partial charge < -0.3 is 5.32 Å². The molecule has 1 heterocycles. The number of nitrogens with one attached hydrogen (secondary N) is 1. The summed E-state index contributed by atoms with van der Waals surface area (Å²) in [4.78, 5) is 27.0.